The summed E-state index contributed by atoms with van der Waals surface area (Å²) in [5.41, 5.74) is 2.44. The van der Waals surface area contributed by atoms with Crippen molar-refractivity contribution in [2.45, 2.75) is 30.9 Å². The van der Waals surface area contributed by atoms with Crippen LogP contribution in [0.4, 0.5) is 0 Å². The Labute approximate surface area is 136 Å². The zero-order chi connectivity index (χ0) is 16.0. The van der Waals surface area contributed by atoms with Crippen LogP contribution >= 0.6 is 0 Å². The number of aliphatic hydroxyl groups excluding tert-OH is 1. The van der Waals surface area contributed by atoms with Crippen LogP contribution in [0.5, 0.6) is 0 Å². The molecule has 0 spiro atoms. The molecule has 0 amide bonds. The molecule has 0 radical (unpaired) electrons. The lowest BCUT2D eigenvalue weighted by molar-refractivity contribution is 0.0662. The topological polar surface area (TPSA) is 73.4 Å². The van der Waals surface area contributed by atoms with Crippen LogP contribution in [0.3, 0.4) is 0 Å². The highest BCUT2D eigenvalue weighted by atomic mass is 32.2. The molecule has 2 aliphatic rings. The Bertz CT molecular complexity index is 773. The third kappa shape index (κ3) is 2.91. The van der Waals surface area contributed by atoms with Gasteiger partial charge < -0.3 is 10.1 Å². The molecule has 0 aliphatic carbocycles. The second kappa shape index (κ2) is 5.61. The number of aromatic nitrogens is 1. The summed E-state index contributed by atoms with van der Waals surface area (Å²) in [6.45, 7) is 1.69. The van der Waals surface area contributed by atoms with Gasteiger partial charge in [0.1, 0.15) is 0 Å². The summed E-state index contributed by atoms with van der Waals surface area (Å²) in [6.07, 6.45) is 1.26. The van der Waals surface area contributed by atoms with Gasteiger partial charge in [0.05, 0.1) is 23.7 Å². The Morgan fingerprint density at radius 3 is 2.52 bits per heavy atom. The molecule has 2 N–H and O–H groups in total. The number of H-pyrrole nitrogens is 1. The Kier molecular flexibility index (Phi) is 3.70. The second-order valence-electron chi connectivity index (χ2n) is 6.83. The third-order valence-corrected chi connectivity index (χ3v) is 6.98. The number of hydrogen-bond acceptors (Lipinski definition) is 4. The molecule has 3 heterocycles. The van der Waals surface area contributed by atoms with Crippen molar-refractivity contribution in [2.75, 3.05) is 24.6 Å². The highest BCUT2D eigenvalue weighted by Crippen LogP contribution is 2.32. The second-order valence-corrected chi connectivity index (χ2v) is 8.99. The summed E-state index contributed by atoms with van der Waals surface area (Å²) < 4.78 is 23.4. The van der Waals surface area contributed by atoms with E-state index < -0.39 is 15.9 Å². The number of piperidine rings is 1. The van der Waals surface area contributed by atoms with Crippen molar-refractivity contribution >= 4 is 20.7 Å². The standard InChI is InChI=1S/C17H22N2O3S/c20-17-11-23(21,22)10-16(17)19-7-5-12(6-8-19)15-9-13-3-1-2-4-14(13)18-15/h1-4,9,12,16-18,20H,5-8,10-11H2/t16-,17+/m1/s1. The lowest BCUT2D eigenvalue weighted by Crippen LogP contribution is -2.46. The lowest BCUT2D eigenvalue weighted by atomic mass is 9.92. The molecule has 0 unspecified atom stereocenters. The molecular formula is C17H22N2O3S. The van der Waals surface area contributed by atoms with Gasteiger partial charge in [-0.1, -0.05) is 18.2 Å². The first kappa shape index (κ1) is 15.2. The van der Waals surface area contributed by atoms with Gasteiger partial charge in [-0.15, -0.1) is 0 Å². The molecule has 2 saturated heterocycles. The van der Waals surface area contributed by atoms with Crippen molar-refractivity contribution in [3.8, 4) is 0 Å². The van der Waals surface area contributed by atoms with Crippen molar-refractivity contribution in [3.63, 3.8) is 0 Å². The zero-order valence-electron chi connectivity index (χ0n) is 13.0. The van der Waals surface area contributed by atoms with Gasteiger partial charge >= 0.3 is 0 Å². The fraction of sp³-hybridized carbons (Fsp3) is 0.529. The van der Waals surface area contributed by atoms with E-state index in [1.54, 1.807) is 0 Å². The van der Waals surface area contributed by atoms with Gasteiger partial charge in [0, 0.05) is 17.1 Å². The molecule has 124 valence electrons. The van der Waals surface area contributed by atoms with Gasteiger partial charge in [-0.3, -0.25) is 4.90 Å². The quantitative estimate of drug-likeness (QED) is 0.873. The van der Waals surface area contributed by atoms with Crippen LogP contribution < -0.4 is 0 Å². The number of rotatable bonds is 2. The van der Waals surface area contributed by atoms with E-state index >= 15 is 0 Å². The van der Waals surface area contributed by atoms with E-state index in [2.05, 4.69) is 28.1 Å². The van der Waals surface area contributed by atoms with E-state index in [1.807, 2.05) is 12.1 Å². The average Bonchev–Trinajstić information content (AvgIpc) is 3.07. The molecular weight excluding hydrogens is 312 g/mol. The summed E-state index contributed by atoms with van der Waals surface area (Å²) in [5, 5.41) is 11.3. The first-order valence-corrected chi connectivity index (χ1v) is 10.0. The van der Waals surface area contributed by atoms with Crippen LogP contribution in [0.1, 0.15) is 24.5 Å². The van der Waals surface area contributed by atoms with Crippen molar-refractivity contribution in [1.82, 2.24) is 9.88 Å². The molecule has 23 heavy (non-hydrogen) atoms. The van der Waals surface area contributed by atoms with Gasteiger partial charge in [0.2, 0.25) is 0 Å². The molecule has 0 saturated carbocycles. The monoisotopic (exact) mass is 334 g/mol. The molecule has 6 heteroatoms. The van der Waals surface area contributed by atoms with E-state index in [1.165, 1.54) is 16.6 Å². The van der Waals surface area contributed by atoms with E-state index in [-0.39, 0.29) is 17.5 Å². The predicted molar refractivity (Wildman–Crippen MR) is 90.3 cm³/mol. The maximum atomic E-state index is 11.7. The number of fused-ring (bicyclic) bond motifs is 1. The average molecular weight is 334 g/mol. The maximum absolute atomic E-state index is 11.7. The highest BCUT2D eigenvalue weighted by Gasteiger charge is 2.41. The first-order chi connectivity index (χ1) is 11.0. The third-order valence-electron chi connectivity index (χ3n) is 5.28. The Hall–Kier alpha value is -1.37. The predicted octanol–water partition coefficient (Wildman–Crippen LogP) is 1.51. The number of benzene rings is 1. The highest BCUT2D eigenvalue weighted by molar-refractivity contribution is 7.91. The molecule has 4 rings (SSSR count). The van der Waals surface area contributed by atoms with Crippen molar-refractivity contribution in [2.24, 2.45) is 0 Å². The summed E-state index contributed by atoms with van der Waals surface area (Å²) in [6, 6.07) is 10.3. The Balaban J connectivity index is 1.45. The molecule has 2 atom stereocenters. The minimum Gasteiger partial charge on any atom is -0.390 e. The van der Waals surface area contributed by atoms with E-state index in [4.69, 9.17) is 0 Å². The fourth-order valence-corrected chi connectivity index (χ4v) is 5.85. The molecule has 2 aromatic rings. The van der Waals surface area contributed by atoms with Gasteiger partial charge in [-0.2, -0.15) is 0 Å². The molecule has 5 nitrogen and oxygen atoms in total. The Morgan fingerprint density at radius 1 is 1.13 bits per heavy atom. The van der Waals surface area contributed by atoms with Gasteiger partial charge in [0.25, 0.3) is 0 Å². The van der Waals surface area contributed by atoms with Crippen molar-refractivity contribution in [1.29, 1.82) is 0 Å². The number of nitrogens with zero attached hydrogens (tertiary/aromatic N) is 1. The van der Waals surface area contributed by atoms with Crippen LogP contribution in [-0.4, -0.2) is 60.1 Å². The van der Waals surface area contributed by atoms with E-state index in [0.717, 1.165) is 25.9 Å². The normalized spacial score (nSPS) is 29.3. The molecule has 1 aromatic heterocycles. The summed E-state index contributed by atoms with van der Waals surface area (Å²) >= 11 is 0. The summed E-state index contributed by atoms with van der Waals surface area (Å²) in [5.74, 6) is 0.499. The van der Waals surface area contributed by atoms with Crippen LogP contribution in [0.25, 0.3) is 10.9 Å². The smallest absolute Gasteiger partial charge is 0.154 e. The fourth-order valence-electron chi connectivity index (χ4n) is 4.02. The molecule has 1 aromatic carbocycles. The first-order valence-electron chi connectivity index (χ1n) is 8.22. The maximum Gasteiger partial charge on any atom is 0.154 e. The lowest BCUT2D eigenvalue weighted by Gasteiger charge is -2.36. The van der Waals surface area contributed by atoms with E-state index in [0.29, 0.717) is 5.92 Å². The molecule has 2 fully saturated rings. The van der Waals surface area contributed by atoms with Crippen LogP contribution in [0.2, 0.25) is 0 Å². The SMILES string of the molecule is O=S1(=O)C[C@@H](N2CCC(c3cc4ccccc4[nH]3)CC2)[C@@H](O)C1. The van der Waals surface area contributed by atoms with Gasteiger partial charge in [-0.05, 0) is 43.5 Å². The minimum absolute atomic E-state index is 0.0837. The number of likely N-dealkylation sites (tertiary alicyclic amines) is 1. The number of nitrogens with one attached hydrogen (secondary N) is 1. The van der Waals surface area contributed by atoms with Crippen molar-refractivity contribution in [3.05, 3.63) is 36.0 Å². The van der Waals surface area contributed by atoms with Crippen molar-refractivity contribution < 1.29 is 13.5 Å². The number of aliphatic hydroxyl groups is 1. The number of sulfone groups is 1. The number of para-hydroxylation sites is 1. The van der Waals surface area contributed by atoms with Crippen LogP contribution in [-0.2, 0) is 9.84 Å². The summed E-state index contributed by atoms with van der Waals surface area (Å²) in [4.78, 5) is 5.67. The number of hydrogen-bond donors (Lipinski definition) is 2. The largest absolute Gasteiger partial charge is 0.390 e. The van der Waals surface area contributed by atoms with Gasteiger partial charge in [-0.25, -0.2) is 8.42 Å². The number of aromatic amines is 1. The summed E-state index contributed by atoms with van der Waals surface area (Å²) in [7, 11) is -3.07. The van der Waals surface area contributed by atoms with Crippen LogP contribution in [0, 0.1) is 0 Å². The zero-order valence-corrected chi connectivity index (χ0v) is 13.8. The van der Waals surface area contributed by atoms with Crippen LogP contribution in [0.15, 0.2) is 30.3 Å². The Morgan fingerprint density at radius 2 is 1.87 bits per heavy atom. The van der Waals surface area contributed by atoms with E-state index in [9.17, 15) is 13.5 Å². The van der Waals surface area contributed by atoms with Gasteiger partial charge in [0.15, 0.2) is 9.84 Å². The molecule has 0 bridgehead atoms. The minimum atomic E-state index is -3.07. The molecule has 2 aliphatic heterocycles.